The molecule has 1 aromatic carbocycles. The molecule has 0 aromatic heterocycles. The summed E-state index contributed by atoms with van der Waals surface area (Å²) in [5.74, 6) is -0.372. The monoisotopic (exact) mass is 358 g/mol. The fourth-order valence-corrected chi connectivity index (χ4v) is 3.48. The van der Waals surface area contributed by atoms with Gasteiger partial charge in [-0.3, -0.25) is 9.69 Å². The van der Waals surface area contributed by atoms with Crippen LogP contribution < -0.4 is 0 Å². The maximum absolute atomic E-state index is 13.7. The second kappa shape index (κ2) is 5.69. The minimum absolute atomic E-state index is 0.0251. The van der Waals surface area contributed by atoms with Gasteiger partial charge in [-0.15, -0.1) is 0 Å². The number of rotatable bonds is 3. The van der Waals surface area contributed by atoms with Crippen molar-refractivity contribution in [1.29, 1.82) is 0 Å². The van der Waals surface area contributed by atoms with Crippen LogP contribution in [0.1, 0.15) is 54.7 Å². The SMILES string of the molecule is CC(C)N1Cc2c(cc(CN3CC(F)C3(C)C)cc2C(F)(F)F)C1=O. The van der Waals surface area contributed by atoms with Gasteiger partial charge >= 0.3 is 6.18 Å². The minimum Gasteiger partial charge on any atom is -0.332 e. The molecule has 2 aliphatic rings. The Balaban J connectivity index is 1.99. The van der Waals surface area contributed by atoms with E-state index in [0.29, 0.717) is 5.56 Å². The highest BCUT2D eigenvalue weighted by molar-refractivity contribution is 5.99. The van der Waals surface area contributed by atoms with Crippen LogP contribution in [0.3, 0.4) is 0 Å². The van der Waals surface area contributed by atoms with Gasteiger partial charge in [0.1, 0.15) is 6.17 Å². The van der Waals surface area contributed by atoms with Gasteiger partial charge in [0.25, 0.3) is 5.91 Å². The van der Waals surface area contributed by atoms with Crippen molar-refractivity contribution in [3.8, 4) is 0 Å². The molecular formula is C18H22F4N2O. The number of alkyl halides is 4. The molecule has 0 radical (unpaired) electrons. The summed E-state index contributed by atoms with van der Waals surface area (Å²) in [6.45, 7) is 7.37. The number of carbonyl (C=O) groups excluding carboxylic acids is 1. The lowest BCUT2D eigenvalue weighted by molar-refractivity contribution is -0.138. The first-order valence-electron chi connectivity index (χ1n) is 8.36. The summed E-state index contributed by atoms with van der Waals surface area (Å²) in [4.78, 5) is 15.7. The van der Waals surface area contributed by atoms with Gasteiger partial charge in [-0.05, 0) is 51.0 Å². The van der Waals surface area contributed by atoms with E-state index in [4.69, 9.17) is 0 Å². The van der Waals surface area contributed by atoms with Gasteiger partial charge in [0.15, 0.2) is 0 Å². The first-order valence-corrected chi connectivity index (χ1v) is 8.36. The molecular weight excluding hydrogens is 336 g/mol. The van der Waals surface area contributed by atoms with Gasteiger partial charge < -0.3 is 4.90 Å². The molecule has 2 heterocycles. The first kappa shape index (κ1) is 18.2. The molecule has 1 aromatic rings. The second-order valence-corrected chi connectivity index (χ2v) is 7.70. The Morgan fingerprint density at radius 2 is 1.92 bits per heavy atom. The third-order valence-corrected chi connectivity index (χ3v) is 5.39. The zero-order valence-corrected chi connectivity index (χ0v) is 14.7. The summed E-state index contributed by atoms with van der Waals surface area (Å²) in [5.41, 5.74) is -0.905. The molecule has 1 atom stereocenters. The normalized spacial score (nSPS) is 23.2. The number of amides is 1. The largest absolute Gasteiger partial charge is 0.416 e. The highest BCUT2D eigenvalue weighted by Crippen LogP contribution is 2.40. The molecule has 25 heavy (non-hydrogen) atoms. The van der Waals surface area contributed by atoms with Gasteiger partial charge in [-0.1, -0.05) is 0 Å². The average Bonchev–Trinajstić information content (AvgIpc) is 2.83. The Hall–Kier alpha value is -1.63. The average molecular weight is 358 g/mol. The molecule has 1 unspecified atom stereocenters. The number of benzene rings is 1. The number of likely N-dealkylation sites (tertiary alicyclic amines) is 1. The van der Waals surface area contributed by atoms with Gasteiger partial charge in [-0.25, -0.2) is 4.39 Å². The summed E-state index contributed by atoms with van der Waals surface area (Å²) in [6.07, 6.45) is -5.53. The molecule has 0 aliphatic carbocycles. The fourth-order valence-electron chi connectivity index (χ4n) is 3.48. The predicted molar refractivity (Wildman–Crippen MR) is 85.8 cm³/mol. The summed E-state index contributed by atoms with van der Waals surface area (Å²) < 4.78 is 54.2. The van der Waals surface area contributed by atoms with Crippen molar-refractivity contribution in [3.05, 3.63) is 34.4 Å². The van der Waals surface area contributed by atoms with E-state index in [1.165, 1.54) is 11.0 Å². The van der Waals surface area contributed by atoms with Crippen LogP contribution in [-0.4, -0.2) is 40.0 Å². The topological polar surface area (TPSA) is 23.6 Å². The summed E-state index contributed by atoms with van der Waals surface area (Å²) in [5, 5.41) is 0. The molecule has 0 spiro atoms. The van der Waals surface area contributed by atoms with Crippen LogP contribution in [-0.2, 0) is 19.3 Å². The molecule has 3 rings (SSSR count). The summed E-state index contributed by atoms with van der Waals surface area (Å²) >= 11 is 0. The van der Waals surface area contributed by atoms with Crippen LogP contribution in [0.4, 0.5) is 17.6 Å². The smallest absolute Gasteiger partial charge is 0.332 e. The highest BCUT2D eigenvalue weighted by atomic mass is 19.4. The van der Waals surface area contributed by atoms with Gasteiger partial charge in [-0.2, -0.15) is 13.2 Å². The molecule has 1 fully saturated rings. The minimum atomic E-state index is -4.53. The van der Waals surface area contributed by atoms with E-state index >= 15 is 0 Å². The number of halogens is 4. The van der Waals surface area contributed by atoms with E-state index in [-0.39, 0.29) is 42.7 Å². The third-order valence-electron chi connectivity index (χ3n) is 5.39. The molecule has 1 amide bonds. The standard InChI is InChI=1S/C18H22F4N2O/c1-10(2)24-8-13-12(16(24)25)5-11(6-14(13)18(20,21)22)7-23-9-15(19)17(23,3)4/h5-6,10,15H,7-9H2,1-4H3. The Bertz CT molecular complexity index is 712. The van der Waals surface area contributed by atoms with Crippen LogP contribution >= 0.6 is 0 Å². The summed E-state index contributed by atoms with van der Waals surface area (Å²) in [6, 6.07) is 2.47. The van der Waals surface area contributed by atoms with Crippen molar-refractivity contribution in [1.82, 2.24) is 9.80 Å². The molecule has 0 N–H and O–H groups in total. The van der Waals surface area contributed by atoms with Crippen LogP contribution in [0.25, 0.3) is 0 Å². The second-order valence-electron chi connectivity index (χ2n) is 7.70. The molecule has 3 nitrogen and oxygen atoms in total. The maximum Gasteiger partial charge on any atom is 0.416 e. The lowest BCUT2D eigenvalue weighted by atomic mass is 9.86. The number of carbonyl (C=O) groups is 1. The van der Waals surface area contributed by atoms with Gasteiger partial charge in [0.05, 0.1) is 5.56 Å². The quantitative estimate of drug-likeness (QED) is 0.763. The van der Waals surface area contributed by atoms with E-state index < -0.39 is 23.5 Å². The van der Waals surface area contributed by atoms with Crippen LogP contribution in [0.15, 0.2) is 12.1 Å². The summed E-state index contributed by atoms with van der Waals surface area (Å²) in [7, 11) is 0. The lowest BCUT2D eigenvalue weighted by Crippen LogP contribution is -2.64. The molecule has 138 valence electrons. The molecule has 2 aliphatic heterocycles. The Labute approximate surface area is 144 Å². The fraction of sp³-hybridized carbons (Fsp3) is 0.611. The number of nitrogens with zero attached hydrogens (tertiary/aromatic N) is 2. The molecule has 7 heteroatoms. The van der Waals surface area contributed by atoms with Gasteiger partial charge in [0, 0.05) is 36.8 Å². The van der Waals surface area contributed by atoms with Gasteiger partial charge in [0.2, 0.25) is 0 Å². The number of fused-ring (bicyclic) bond motifs is 1. The van der Waals surface area contributed by atoms with Crippen LogP contribution in [0.5, 0.6) is 0 Å². The first-order chi connectivity index (χ1) is 11.4. The highest BCUT2D eigenvalue weighted by Gasteiger charge is 2.47. The molecule has 0 saturated carbocycles. The zero-order chi connectivity index (χ0) is 18.7. The van der Waals surface area contributed by atoms with E-state index in [9.17, 15) is 22.4 Å². The van der Waals surface area contributed by atoms with Crippen molar-refractivity contribution in [2.45, 2.75) is 64.7 Å². The predicted octanol–water partition coefficient (Wildman–Crippen LogP) is 4.00. The zero-order valence-electron chi connectivity index (χ0n) is 14.7. The van der Waals surface area contributed by atoms with Crippen molar-refractivity contribution in [2.24, 2.45) is 0 Å². The van der Waals surface area contributed by atoms with E-state index in [2.05, 4.69) is 0 Å². The molecule has 0 bridgehead atoms. The lowest BCUT2D eigenvalue weighted by Gasteiger charge is -2.51. The van der Waals surface area contributed by atoms with Crippen molar-refractivity contribution >= 4 is 5.91 Å². The van der Waals surface area contributed by atoms with E-state index in [1.54, 1.807) is 32.6 Å². The molecule has 1 saturated heterocycles. The van der Waals surface area contributed by atoms with E-state index in [0.717, 1.165) is 6.07 Å². The van der Waals surface area contributed by atoms with E-state index in [1.807, 2.05) is 0 Å². The van der Waals surface area contributed by atoms with Crippen molar-refractivity contribution in [2.75, 3.05) is 6.54 Å². The third kappa shape index (κ3) is 2.92. The number of hydrogen-bond acceptors (Lipinski definition) is 2. The maximum atomic E-state index is 13.7. The Morgan fingerprint density at radius 1 is 1.28 bits per heavy atom. The van der Waals surface area contributed by atoms with Crippen molar-refractivity contribution < 1.29 is 22.4 Å². The van der Waals surface area contributed by atoms with Crippen molar-refractivity contribution in [3.63, 3.8) is 0 Å². The Morgan fingerprint density at radius 3 is 2.40 bits per heavy atom. The van der Waals surface area contributed by atoms with Crippen LogP contribution in [0.2, 0.25) is 0 Å². The Kier molecular flexibility index (Phi) is 4.14. The number of hydrogen-bond donors (Lipinski definition) is 0. The van der Waals surface area contributed by atoms with Crippen LogP contribution in [0, 0.1) is 0 Å².